The topological polar surface area (TPSA) is 18.5 Å². The lowest BCUT2D eigenvalue weighted by Crippen LogP contribution is -2.40. The van der Waals surface area contributed by atoms with E-state index in [1.165, 1.54) is 11.1 Å². The van der Waals surface area contributed by atoms with Crippen LogP contribution in [-0.2, 0) is 0 Å². The molecule has 0 aromatic heterocycles. The zero-order chi connectivity index (χ0) is 15.8. The fraction of sp³-hybridized carbons (Fsp3) is 0.667. The molecule has 0 saturated heterocycles. The number of nitrogens with one attached hydrogen (secondary N) is 1. The first-order valence-electron chi connectivity index (χ1n) is 8.04. The number of hydrogen-bond acceptors (Lipinski definition) is 3. The Labute approximate surface area is 131 Å². The maximum Gasteiger partial charge on any atom is 0.0449 e. The third kappa shape index (κ3) is 6.60. The van der Waals surface area contributed by atoms with Gasteiger partial charge in [0, 0.05) is 32.2 Å². The Hall–Kier alpha value is -0.900. The zero-order valence-electron chi connectivity index (χ0n) is 14.7. The van der Waals surface area contributed by atoms with Gasteiger partial charge >= 0.3 is 0 Å². The van der Waals surface area contributed by atoms with Gasteiger partial charge in [-0.25, -0.2) is 0 Å². The van der Waals surface area contributed by atoms with Crippen molar-refractivity contribution in [3.05, 3.63) is 35.4 Å². The summed E-state index contributed by atoms with van der Waals surface area (Å²) in [6, 6.07) is 9.09. The van der Waals surface area contributed by atoms with Crippen LogP contribution in [0.15, 0.2) is 24.3 Å². The molecule has 0 aliphatic rings. The van der Waals surface area contributed by atoms with Crippen molar-refractivity contribution in [1.82, 2.24) is 15.1 Å². The lowest BCUT2D eigenvalue weighted by molar-refractivity contribution is 0.201. The highest BCUT2D eigenvalue weighted by Gasteiger charge is 2.17. The first kappa shape index (κ1) is 18.1. The molecule has 0 aliphatic carbocycles. The molecule has 1 N–H and O–H groups in total. The molecule has 0 radical (unpaired) electrons. The molecular formula is C18H33N3. The molecule has 0 saturated carbocycles. The molecule has 0 fully saturated rings. The Morgan fingerprint density at radius 2 is 1.71 bits per heavy atom. The molecule has 1 unspecified atom stereocenters. The average Bonchev–Trinajstić information content (AvgIpc) is 2.42. The van der Waals surface area contributed by atoms with Crippen molar-refractivity contribution in [3.63, 3.8) is 0 Å². The molecule has 1 aromatic carbocycles. The highest BCUT2D eigenvalue weighted by Crippen LogP contribution is 2.18. The molecule has 3 heteroatoms. The van der Waals surface area contributed by atoms with Crippen LogP contribution in [0.4, 0.5) is 0 Å². The summed E-state index contributed by atoms with van der Waals surface area (Å²) in [5.74, 6) is 0.696. The van der Waals surface area contributed by atoms with E-state index in [-0.39, 0.29) is 0 Å². The minimum atomic E-state index is 0.395. The smallest absolute Gasteiger partial charge is 0.0449 e. The van der Waals surface area contributed by atoms with Crippen LogP contribution in [0.3, 0.4) is 0 Å². The van der Waals surface area contributed by atoms with Crippen molar-refractivity contribution in [2.45, 2.75) is 26.8 Å². The van der Waals surface area contributed by atoms with Crippen molar-refractivity contribution in [3.8, 4) is 0 Å². The Kier molecular flexibility index (Phi) is 7.94. The summed E-state index contributed by atoms with van der Waals surface area (Å²) < 4.78 is 0. The van der Waals surface area contributed by atoms with E-state index in [4.69, 9.17) is 0 Å². The molecule has 21 heavy (non-hydrogen) atoms. The van der Waals surface area contributed by atoms with E-state index in [1.807, 2.05) is 0 Å². The van der Waals surface area contributed by atoms with Gasteiger partial charge in [0.15, 0.2) is 0 Å². The number of hydrogen-bond donors (Lipinski definition) is 1. The number of likely N-dealkylation sites (N-methyl/N-ethyl adjacent to an activating group) is 2. The van der Waals surface area contributed by atoms with Gasteiger partial charge in [-0.1, -0.05) is 38.1 Å². The van der Waals surface area contributed by atoms with Crippen LogP contribution in [0.5, 0.6) is 0 Å². The van der Waals surface area contributed by atoms with E-state index in [0.717, 1.165) is 26.2 Å². The summed E-state index contributed by atoms with van der Waals surface area (Å²) in [6.07, 6.45) is 0. The van der Waals surface area contributed by atoms with Gasteiger partial charge in [-0.05, 0) is 45.1 Å². The number of rotatable bonds is 9. The maximum absolute atomic E-state index is 3.50. The summed E-state index contributed by atoms with van der Waals surface area (Å²) in [5, 5.41) is 3.50. The van der Waals surface area contributed by atoms with Crippen molar-refractivity contribution in [2.75, 3.05) is 47.3 Å². The Morgan fingerprint density at radius 3 is 2.24 bits per heavy atom. The van der Waals surface area contributed by atoms with E-state index < -0.39 is 0 Å². The highest BCUT2D eigenvalue weighted by atomic mass is 15.2. The second-order valence-electron chi connectivity index (χ2n) is 6.65. The van der Waals surface area contributed by atoms with Crippen LogP contribution in [0, 0.1) is 12.8 Å². The SMILES string of the molecule is CNC(CN(CCN(C)C)CC(C)C)c1ccccc1C. The van der Waals surface area contributed by atoms with Gasteiger partial charge in [-0.2, -0.15) is 0 Å². The third-order valence-corrected chi connectivity index (χ3v) is 3.84. The van der Waals surface area contributed by atoms with Crippen LogP contribution in [0.1, 0.15) is 31.0 Å². The minimum absolute atomic E-state index is 0.395. The molecule has 3 nitrogen and oxygen atoms in total. The summed E-state index contributed by atoms with van der Waals surface area (Å²) in [7, 11) is 6.35. The second-order valence-corrected chi connectivity index (χ2v) is 6.65. The van der Waals surface area contributed by atoms with E-state index in [2.05, 4.69) is 81.3 Å². The largest absolute Gasteiger partial charge is 0.312 e. The van der Waals surface area contributed by atoms with E-state index in [1.54, 1.807) is 0 Å². The van der Waals surface area contributed by atoms with Crippen LogP contribution in [0.25, 0.3) is 0 Å². The summed E-state index contributed by atoms with van der Waals surface area (Å²) in [5.41, 5.74) is 2.78. The van der Waals surface area contributed by atoms with Gasteiger partial charge in [-0.3, -0.25) is 4.90 Å². The predicted octanol–water partition coefficient (Wildman–Crippen LogP) is 2.78. The fourth-order valence-corrected chi connectivity index (χ4v) is 2.70. The van der Waals surface area contributed by atoms with E-state index in [0.29, 0.717) is 12.0 Å². The monoisotopic (exact) mass is 291 g/mol. The number of benzene rings is 1. The van der Waals surface area contributed by atoms with Gasteiger partial charge in [0.1, 0.15) is 0 Å². The molecule has 0 bridgehead atoms. The standard InChI is InChI=1S/C18H33N3/c1-15(2)13-21(12-11-20(5)6)14-18(19-4)17-10-8-7-9-16(17)3/h7-10,15,18-19H,11-14H2,1-6H3. The van der Waals surface area contributed by atoms with Gasteiger partial charge in [0.2, 0.25) is 0 Å². The van der Waals surface area contributed by atoms with Crippen molar-refractivity contribution >= 4 is 0 Å². The van der Waals surface area contributed by atoms with Crippen LogP contribution < -0.4 is 5.32 Å². The first-order chi connectivity index (χ1) is 9.93. The molecule has 1 atom stereocenters. The summed E-state index contributed by atoms with van der Waals surface area (Å²) in [4.78, 5) is 4.84. The quantitative estimate of drug-likeness (QED) is 0.755. The Balaban J connectivity index is 2.75. The van der Waals surface area contributed by atoms with E-state index >= 15 is 0 Å². The van der Waals surface area contributed by atoms with Gasteiger partial charge in [0.05, 0.1) is 0 Å². The summed E-state index contributed by atoms with van der Waals surface area (Å²) in [6.45, 7) is 11.2. The minimum Gasteiger partial charge on any atom is -0.312 e. The highest BCUT2D eigenvalue weighted by molar-refractivity contribution is 5.28. The van der Waals surface area contributed by atoms with Crippen LogP contribution in [0.2, 0.25) is 0 Å². The third-order valence-electron chi connectivity index (χ3n) is 3.84. The van der Waals surface area contributed by atoms with Gasteiger partial charge in [0.25, 0.3) is 0 Å². The maximum atomic E-state index is 3.50. The molecule has 0 spiro atoms. The normalized spacial score (nSPS) is 13.4. The molecule has 1 aromatic rings. The second kappa shape index (κ2) is 9.19. The predicted molar refractivity (Wildman–Crippen MR) is 92.8 cm³/mol. The molecule has 120 valence electrons. The number of aryl methyl sites for hydroxylation is 1. The van der Waals surface area contributed by atoms with Crippen LogP contribution in [-0.4, -0.2) is 57.1 Å². The van der Waals surface area contributed by atoms with Crippen LogP contribution >= 0.6 is 0 Å². The van der Waals surface area contributed by atoms with E-state index in [9.17, 15) is 0 Å². The lowest BCUT2D eigenvalue weighted by atomic mass is 10.0. The Morgan fingerprint density at radius 1 is 1.05 bits per heavy atom. The molecular weight excluding hydrogens is 258 g/mol. The average molecular weight is 291 g/mol. The van der Waals surface area contributed by atoms with Crippen molar-refractivity contribution in [2.24, 2.45) is 5.92 Å². The lowest BCUT2D eigenvalue weighted by Gasteiger charge is -2.30. The molecule has 0 heterocycles. The first-order valence-corrected chi connectivity index (χ1v) is 8.04. The molecule has 1 rings (SSSR count). The van der Waals surface area contributed by atoms with Gasteiger partial charge < -0.3 is 10.2 Å². The van der Waals surface area contributed by atoms with Crippen molar-refractivity contribution < 1.29 is 0 Å². The molecule has 0 amide bonds. The summed E-state index contributed by atoms with van der Waals surface area (Å²) >= 11 is 0. The van der Waals surface area contributed by atoms with Crippen molar-refractivity contribution in [1.29, 1.82) is 0 Å². The Bertz CT molecular complexity index is 401. The fourth-order valence-electron chi connectivity index (χ4n) is 2.70. The zero-order valence-corrected chi connectivity index (χ0v) is 14.7. The molecule has 0 aliphatic heterocycles. The number of nitrogens with zero attached hydrogens (tertiary/aromatic N) is 2. The van der Waals surface area contributed by atoms with Gasteiger partial charge in [-0.15, -0.1) is 0 Å².